The van der Waals surface area contributed by atoms with Gasteiger partial charge in [0.25, 0.3) is 5.91 Å². The lowest BCUT2D eigenvalue weighted by Crippen LogP contribution is -2.51. The number of piperidine rings is 1. The molecule has 1 amide bonds. The Kier molecular flexibility index (Phi) is 8.57. The lowest BCUT2D eigenvalue weighted by Gasteiger charge is -2.43. The quantitative estimate of drug-likeness (QED) is 0.398. The number of hydrogen-bond acceptors (Lipinski definition) is 5. The fraction of sp³-hybridized carbons (Fsp3) is 0.500. The zero-order valence-corrected chi connectivity index (χ0v) is 22.2. The topological polar surface area (TPSA) is 59.1 Å². The van der Waals surface area contributed by atoms with E-state index in [0.29, 0.717) is 51.4 Å². The maximum Gasteiger partial charge on any atom is 0.491 e. The summed E-state index contributed by atoms with van der Waals surface area (Å²) in [5, 5.41) is 0.188. The van der Waals surface area contributed by atoms with Crippen LogP contribution in [0.5, 0.6) is 5.75 Å². The Morgan fingerprint density at radius 1 is 1.03 bits per heavy atom. The molecule has 2 saturated heterocycles. The lowest BCUT2D eigenvalue weighted by molar-refractivity contribution is -0.217. The smallest absolute Gasteiger partial charge is 0.491 e. The van der Waals surface area contributed by atoms with Crippen LogP contribution in [-0.2, 0) is 16.1 Å². The Hall–Kier alpha value is -2.78. The molecule has 6 nitrogen and oxygen atoms in total. The fourth-order valence-corrected chi connectivity index (χ4v) is 5.41. The summed E-state index contributed by atoms with van der Waals surface area (Å²) in [7, 11) is 0. The van der Waals surface area contributed by atoms with Crippen molar-refractivity contribution in [3.05, 3.63) is 64.7 Å². The summed E-state index contributed by atoms with van der Waals surface area (Å²) in [6.45, 7) is 6.71. The van der Waals surface area contributed by atoms with Gasteiger partial charge in [-0.1, -0.05) is 55.8 Å². The molecule has 2 aliphatic heterocycles. The summed E-state index contributed by atoms with van der Waals surface area (Å²) in [6, 6.07) is 14.2. The number of carbonyl (C=O) groups excluding carboxylic acids is 2. The van der Waals surface area contributed by atoms with Crippen LogP contribution in [0, 0.1) is 11.3 Å². The van der Waals surface area contributed by atoms with Crippen LogP contribution < -0.4 is 4.74 Å². The number of nitrogens with zero attached hydrogens (tertiary/aromatic N) is 2. The van der Waals surface area contributed by atoms with Gasteiger partial charge in [0.05, 0.1) is 17.2 Å². The van der Waals surface area contributed by atoms with Gasteiger partial charge >= 0.3 is 12.1 Å². The van der Waals surface area contributed by atoms with Crippen molar-refractivity contribution in [3.63, 3.8) is 0 Å². The third-order valence-electron chi connectivity index (χ3n) is 7.26. The van der Waals surface area contributed by atoms with E-state index in [-0.39, 0.29) is 17.1 Å². The summed E-state index contributed by atoms with van der Waals surface area (Å²) in [5.74, 6) is -1.64. The van der Waals surface area contributed by atoms with E-state index in [1.54, 1.807) is 18.2 Å². The highest BCUT2D eigenvalue weighted by molar-refractivity contribution is 6.33. The van der Waals surface area contributed by atoms with Gasteiger partial charge in [0.15, 0.2) is 6.23 Å². The Bertz CT molecular complexity index is 1150. The highest BCUT2D eigenvalue weighted by atomic mass is 35.5. The maximum absolute atomic E-state index is 13.3. The third-order valence-corrected chi connectivity index (χ3v) is 7.59. The van der Waals surface area contributed by atoms with Crippen molar-refractivity contribution in [1.82, 2.24) is 9.80 Å². The second-order valence-corrected chi connectivity index (χ2v) is 10.8. The number of halogens is 4. The molecule has 0 N–H and O–H groups in total. The van der Waals surface area contributed by atoms with Gasteiger partial charge in [0.2, 0.25) is 0 Å². The average molecular weight is 553 g/mol. The molecule has 1 spiro atoms. The van der Waals surface area contributed by atoms with E-state index in [2.05, 4.69) is 18.7 Å². The van der Waals surface area contributed by atoms with Crippen molar-refractivity contribution in [2.24, 2.45) is 11.3 Å². The molecular weight excluding hydrogens is 521 g/mol. The molecule has 0 bridgehead atoms. The zero-order valence-electron chi connectivity index (χ0n) is 21.5. The van der Waals surface area contributed by atoms with E-state index in [0.717, 1.165) is 11.3 Å². The van der Waals surface area contributed by atoms with E-state index in [4.69, 9.17) is 21.1 Å². The minimum absolute atomic E-state index is 0.162. The van der Waals surface area contributed by atoms with E-state index < -0.39 is 29.7 Å². The first kappa shape index (κ1) is 28.2. The summed E-state index contributed by atoms with van der Waals surface area (Å²) < 4.78 is 50.7. The van der Waals surface area contributed by atoms with Crippen molar-refractivity contribution in [2.75, 3.05) is 26.2 Å². The van der Waals surface area contributed by atoms with Crippen LogP contribution in [0.3, 0.4) is 0 Å². The van der Waals surface area contributed by atoms with Gasteiger partial charge in [-0.25, -0.2) is 4.79 Å². The number of alkyl halides is 3. The number of carbonyl (C=O) groups is 2. The molecule has 38 heavy (non-hydrogen) atoms. The van der Waals surface area contributed by atoms with Crippen LogP contribution >= 0.6 is 11.6 Å². The van der Waals surface area contributed by atoms with E-state index in [1.165, 1.54) is 11.0 Å². The highest BCUT2D eigenvalue weighted by Crippen LogP contribution is 2.47. The number of rotatable bonds is 7. The fourth-order valence-electron chi connectivity index (χ4n) is 5.19. The van der Waals surface area contributed by atoms with Crippen LogP contribution in [0.25, 0.3) is 0 Å². The first-order valence-electron chi connectivity index (χ1n) is 12.8. The minimum atomic E-state index is -5.16. The third kappa shape index (κ3) is 6.26. The van der Waals surface area contributed by atoms with Crippen LogP contribution in [-0.4, -0.2) is 60.3 Å². The average Bonchev–Trinajstić information content (AvgIpc) is 3.21. The largest absolute Gasteiger partial charge is 0.493 e. The minimum Gasteiger partial charge on any atom is -0.493 e. The number of ether oxygens (including phenoxy) is 2. The second-order valence-electron chi connectivity index (χ2n) is 10.4. The van der Waals surface area contributed by atoms with Crippen molar-refractivity contribution in [2.45, 2.75) is 52.1 Å². The SMILES string of the molecule is CC(C)COc1ccccc1CN1CCC2(CC1)CCN(C(=O)c1ccccc1Cl)C2OC(=O)C(F)(F)F. The first-order chi connectivity index (χ1) is 18.0. The molecule has 0 saturated carbocycles. The van der Waals surface area contributed by atoms with Crippen molar-refractivity contribution in [3.8, 4) is 5.75 Å². The molecule has 2 aromatic rings. The van der Waals surface area contributed by atoms with Crippen LogP contribution in [0.1, 0.15) is 49.0 Å². The molecule has 4 rings (SSSR count). The Morgan fingerprint density at radius 3 is 2.32 bits per heavy atom. The molecule has 2 heterocycles. The van der Waals surface area contributed by atoms with Gasteiger partial charge in [0.1, 0.15) is 5.75 Å². The van der Waals surface area contributed by atoms with Gasteiger partial charge in [-0.2, -0.15) is 13.2 Å². The first-order valence-corrected chi connectivity index (χ1v) is 13.1. The predicted molar refractivity (Wildman–Crippen MR) is 137 cm³/mol. The molecule has 2 aromatic carbocycles. The molecule has 1 atom stereocenters. The number of likely N-dealkylation sites (tertiary alicyclic amines) is 2. The molecule has 1 unspecified atom stereocenters. The van der Waals surface area contributed by atoms with Gasteiger partial charge < -0.3 is 14.4 Å². The van der Waals surface area contributed by atoms with E-state index in [9.17, 15) is 22.8 Å². The highest BCUT2D eigenvalue weighted by Gasteiger charge is 2.55. The van der Waals surface area contributed by atoms with Crippen LogP contribution in [0.4, 0.5) is 13.2 Å². The molecule has 206 valence electrons. The molecule has 0 aromatic heterocycles. The Morgan fingerprint density at radius 2 is 1.66 bits per heavy atom. The zero-order chi connectivity index (χ0) is 27.5. The lowest BCUT2D eigenvalue weighted by atomic mass is 9.76. The van der Waals surface area contributed by atoms with E-state index >= 15 is 0 Å². The van der Waals surface area contributed by atoms with Gasteiger partial charge in [-0.05, 0) is 56.5 Å². The molecule has 0 radical (unpaired) electrons. The molecule has 2 fully saturated rings. The van der Waals surface area contributed by atoms with Crippen molar-refractivity contribution < 1.29 is 32.2 Å². The predicted octanol–water partition coefficient (Wildman–Crippen LogP) is 5.93. The van der Waals surface area contributed by atoms with Crippen molar-refractivity contribution in [1.29, 1.82) is 0 Å². The number of amides is 1. The van der Waals surface area contributed by atoms with Crippen molar-refractivity contribution >= 4 is 23.5 Å². The Labute approximate surface area is 225 Å². The summed E-state index contributed by atoms with van der Waals surface area (Å²) in [4.78, 5) is 28.7. The molecule has 2 aliphatic rings. The van der Waals surface area contributed by atoms with Gasteiger partial charge in [-0.3, -0.25) is 9.69 Å². The summed E-state index contributed by atoms with van der Waals surface area (Å²) in [6.07, 6.45) is -5.11. The number of esters is 1. The van der Waals surface area contributed by atoms with Gasteiger partial charge in [-0.15, -0.1) is 0 Å². The number of benzene rings is 2. The number of para-hydroxylation sites is 1. The monoisotopic (exact) mass is 552 g/mol. The van der Waals surface area contributed by atoms with Gasteiger partial charge in [0, 0.05) is 24.1 Å². The summed E-state index contributed by atoms with van der Waals surface area (Å²) in [5.41, 5.74) is 0.419. The molecule has 0 aliphatic carbocycles. The summed E-state index contributed by atoms with van der Waals surface area (Å²) >= 11 is 6.20. The standard InChI is InChI=1S/C28H32ClF3N2O4/c1-19(2)18-37-23-10-6-3-7-20(23)17-33-14-11-27(12-15-33)13-16-34(25(27)38-26(36)28(30,31)32)24(35)21-8-4-5-9-22(21)29/h3-10,19,25H,11-18H2,1-2H3. The van der Waals surface area contributed by atoms with E-state index in [1.807, 2.05) is 24.3 Å². The molecular formula is C28H32ClF3N2O4. The second kappa shape index (κ2) is 11.5. The Balaban J connectivity index is 1.51. The molecule has 10 heteroatoms. The number of hydrogen-bond donors (Lipinski definition) is 0. The van der Waals surface area contributed by atoms with Crippen LogP contribution in [0.15, 0.2) is 48.5 Å². The maximum atomic E-state index is 13.3. The van der Waals surface area contributed by atoms with Crippen LogP contribution in [0.2, 0.25) is 5.02 Å². The normalized spacial score (nSPS) is 19.7.